The van der Waals surface area contributed by atoms with Crippen LogP contribution < -0.4 is 15.0 Å². The zero-order valence-electron chi connectivity index (χ0n) is 16.9. The van der Waals surface area contributed by atoms with E-state index < -0.39 is 0 Å². The summed E-state index contributed by atoms with van der Waals surface area (Å²) in [6.07, 6.45) is 1.81. The number of fused-ring (bicyclic) bond motifs is 3. The number of H-pyrrole nitrogens is 1. The van der Waals surface area contributed by atoms with E-state index in [0.717, 1.165) is 70.1 Å². The van der Waals surface area contributed by atoms with E-state index in [-0.39, 0.29) is 0 Å². The average Bonchev–Trinajstić information content (AvgIpc) is 3.25. The first-order valence-corrected chi connectivity index (χ1v) is 10.3. The van der Waals surface area contributed by atoms with Gasteiger partial charge < -0.3 is 19.9 Å². The van der Waals surface area contributed by atoms with E-state index in [1.807, 2.05) is 36.5 Å². The van der Waals surface area contributed by atoms with Crippen LogP contribution in [-0.4, -0.2) is 60.4 Å². The summed E-state index contributed by atoms with van der Waals surface area (Å²) in [6.45, 7) is 4.04. The fourth-order valence-electron chi connectivity index (χ4n) is 3.92. The highest BCUT2D eigenvalue weighted by atomic mass is 35.5. The van der Waals surface area contributed by atoms with E-state index in [4.69, 9.17) is 21.3 Å². The maximum absolute atomic E-state index is 6.64. The Morgan fingerprint density at radius 1 is 1.07 bits per heavy atom. The van der Waals surface area contributed by atoms with Gasteiger partial charge in [-0.1, -0.05) is 11.6 Å². The van der Waals surface area contributed by atoms with Gasteiger partial charge in [-0.15, -0.1) is 0 Å². The molecule has 30 heavy (non-hydrogen) atoms. The predicted molar refractivity (Wildman–Crippen MR) is 122 cm³/mol. The van der Waals surface area contributed by atoms with Crippen LogP contribution in [0.25, 0.3) is 21.8 Å². The van der Waals surface area contributed by atoms with Gasteiger partial charge in [0.2, 0.25) is 0 Å². The first-order chi connectivity index (χ1) is 14.6. The Balaban J connectivity index is 1.48. The quantitative estimate of drug-likeness (QED) is 0.512. The Kier molecular flexibility index (Phi) is 4.84. The Hall–Kier alpha value is -3.03. The van der Waals surface area contributed by atoms with Crippen molar-refractivity contribution < 1.29 is 4.74 Å². The molecular formula is C22H23ClN6O. The summed E-state index contributed by atoms with van der Waals surface area (Å²) < 4.78 is 5.36. The Labute approximate surface area is 179 Å². The lowest BCUT2D eigenvalue weighted by Gasteiger charge is -2.34. The SMILES string of the molecule is COc1ccc2nc(Nc3ccc(N4CCN(C)CC4)c(Cl)c3)c3[nH]ncc3c2c1. The normalized spacial score (nSPS) is 15.1. The van der Waals surface area contributed by atoms with Gasteiger partial charge in [-0.05, 0) is 43.4 Å². The number of hydrogen-bond donors (Lipinski definition) is 2. The van der Waals surface area contributed by atoms with Crippen LogP contribution in [0, 0.1) is 0 Å². The molecule has 0 radical (unpaired) electrons. The van der Waals surface area contributed by atoms with Crippen molar-refractivity contribution in [2.75, 3.05) is 50.6 Å². The van der Waals surface area contributed by atoms with Crippen LogP contribution in [0.4, 0.5) is 17.2 Å². The van der Waals surface area contributed by atoms with Crippen molar-refractivity contribution in [2.45, 2.75) is 0 Å². The van der Waals surface area contributed by atoms with E-state index in [1.165, 1.54) is 0 Å². The molecule has 3 heterocycles. The lowest BCUT2D eigenvalue weighted by atomic mass is 10.1. The molecule has 0 unspecified atom stereocenters. The molecule has 1 aliphatic heterocycles. The third kappa shape index (κ3) is 3.40. The van der Waals surface area contributed by atoms with E-state index in [0.29, 0.717) is 5.82 Å². The molecule has 2 aromatic heterocycles. The molecule has 2 N–H and O–H groups in total. The molecule has 0 saturated carbocycles. The number of ether oxygens (including phenoxy) is 1. The molecule has 1 fully saturated rings. The molecule has 0 spiro atoms. The van der Waals surface area contributed by atoms with Crippen molar-refractivity contribution in [3.05, 3.63) is 47.6 Å². The molecule has 2 aromatic carbocycles. The summed E-state index contributed by atoms with van der Waals surface area (Å²) in [4.78, 5) is 9.46. The van der Waals surface area contributed by atoms with Gasteiger partial charge in [0, 0.05) is 42.6 Å². The molecule has 4 aromatic rings. The van der Waals surface area contributed by atoms with Gasteiger partial charge in [-0.3, -0.25) is 5.10 Å². The highest BCUT2D eigenvalue weighted by Crippen LogP contribution is 2.34. The van der Waals surface area contributed by atoms with Crippen LogP contribution in [0.15, 0.2) is 42.6 Å². The number of benzene rings is 2. The number of nitrogens with one attached hydrogen (secondary N) is 2. The number of aromatic nitrogens is 3. The van der Waals surface area contributed by atoms with Gasteiger partial charge in [0.1, 0.15) is 11.3 Å². The van der Waals surface area contributed by atoms with Gasteiger partial charge in [-0.25, -0.2) is 4.98 Å². The molecular weight excluding hydrogens is 400 g/mol. The van der Waals surface area contributed by atoms with Crippen LogP contribution in [-0.2, 0) is 0 Å². The lowest BCUT2D eigenvalue weighted by molar-refractivity contribution is 0.313. The minimum Gasteiger partial charge on any atom is -0.497 e. The maximum atomic E-state index is 6.64. The molecule has 1 saturated heterocycles. The average molecular weight is 423 g/mol. The number of aromatic amines is 1. The van der Waals surface area contributed by atoms with Gasteiger partial charge in [0.25, 0.3) is 0 Å². The van der Waals surface area contributed by atoms with E-state index >= 15 is 0 Å². The lowest BCUT2D eigenvalue weighted by Crippen LogP contribution is -2.44. The minimum absolute atomic E-state index is 0.712. The third-order valence-corrected chi connectivity index (χ3v) is 5.96. The molecule has 5 rings (SSSR count). The smallest absolute Gasteiger partial charge is 0.157 e. The number of piperazine rings is 1. The molecule has 154 valence electrons. The van der Waals surface area contributed by atoms with Crippen molar-refractivity contribution in [3.8, 4) is 5.75 Å². The van der Waals surface area contributed by atoms with Crippen molar-refractivity contribution in [3.63, 3.8) is 0 Å². The standard InChI is InChI=1S/C22H23ClN6O/c1-28-7-9-29(10-8-28)20-6-3-14(11-18(20)23)25-22-21-17(13-24-27-21)16-12-15(30-2)4-5-19(16)26-22/h3-6,11-13H,7-10H2,1-2H3,(H,24,27)(H,25,26). The fraction of sp³-hybridized carbons (Fsp3) is 0.273. The summed E-state index contributed by atoms with van der Waals surface area (Å²) in [7, 11) is 3.81. The molecule has 0 atom stereocenters. The third-order valence-electron chi connectivity index (χ3n) is 5.66. The Bertz CT molecular complexity index is 1220. The fourth-order valence-corrected chi connectivity index (χ4v) is 4.22. The van der Waals surface area contributed by atoms with E-state index in [2.05, 4.69) is 38.4 Å². The first-order valence-electron chi connectivity index (χ1n) is 9.93. The molecule has 8 heteroatoms. The minimum atomic E-state index is 0.712. The largest absolute Gasteiger partial charge is 0.497 e. The molecule has 0 bridgehead atoms. The van der Waals surface area contributed by atoms with Crippen LogP contribution in [0.5, 0.6) is 5.75 Å². The van der Waals surface area contributed by atoms with Crippen molar-refractivity contribution in [1.29, 1.82) is 0 Å². The second-order valence-corrected chi connectivity index (χ2v) is 7.99. The number of pyridine rings is 1. The second-order valence-electron chi connectivity index (χ2n) is 7.58. The zero-order chi connectivity index (χ0) is 20.7. The van der Waals surface area contributed by atoms with Crippen LogP contribution in [0.1, 0.15) is 0 Å². The number of anilines is 3. The number of nitrogens with zero attached hydrogens (tertiary/aromatic N) is 4. The monoisotopic (exact) mass is 422 g/mol. The summed E-state index contributed by atoms with van der Waals surface area (Å²) in [5.41, 5.74) is 3.66. The van der Waals surface area contributed by atoms with Gasteiger partial charge in [-0.2, -0.15) is 5.10 Å². The van der Waals surface area contributed by atoms with Crippen LogP contribution in [0.2, 0.25) is 5.02 Å². The highest BCUT2D eigenvalue weighted by Gasteiger charge is 2.17. The number of methoxy groups -OCH3 is 1. The van der Waals surface area contributed by atoms with Crippen molar-refractivity contribution in [2.24, 2.45) is 0 Å². The molecule has 0 aliphatic carbocycles. The predicted octanol–water partition coefficient (Wildman–Crippen LogP) is 4.27. The summed E-state index contributed by atoms with van der Waals surface area (Å²) in [5.74, 6) is 1.50. The van der Waals surface area contributed by atoms with Crippen LogP contribution in [0.3, 0.4) is 0 Å². The Morgan fingerprint density at radius 3 is 2.67 bits per heavy atom. The maximum Gasteiger partial charge on any atom is 0.157 e. The Morgan fingerprint density at radius 2 is 1.90 bits per heavy atom. The van der Waals surface area contributed by atoms with Gasteiger partial charge >= 0.3 is 0 Å². The van der Waals surface area contributed by atoms with Gasteiger partial charge in [0.15, 0.2) is 5.82 Å². The summed E-state index contributed by atoms with van der Waals surface area (Å²) >= 11 is 6.64. The summed E-state index contributed by atoms with van der Waals surface area (Å²) in [5, 5.41) is 13.4. The molecule has 7 nitrogen and oxygen atoms in total. The van der Waals surface area contributed by atoms with Crippen molar-refractivity contribution in [1.82, 2.24) is 20.1 Å². The van der Waals surface area contributed by atoms with Crippen LogP contribution >= 0.6 is 11.6 Å². The number of hydrogen-bond acceptors (Lipinski definition) is 6. The van der Waals surface area contributed by atoms with Gasteiger partial charge in [0.05, 0.1) is 29.5 Å². The highest BCUT2D eigenvalue weighted by molar-refractivity contribution is 6.33. The second kappa shape index (κ2) is 7.66. The first kappa shape index (κ1) is 19.0. The molecule has 1 aliphatic rings. The topological polar surface area (TPSA) is 69.3 Å². The number of halogens is 1. The van der Waals surface area contributed by atoms with E-state index in [1.54, 1.807) is 7.11 Å². The van der Waals surface area contributed by atoms with E-state index in [9.17, 15) is 0 Å². The number of likely N-dealkylation sites (N-methyl/N-ethyl adjacent to an activating group) is 1. The molecule has 0 amide bonds. The number of rotatable bonds is 4. The van der Waals surface area contributed by atoms with Crippen molar-refractivity contribution >= 4 is 50.6 Å². The zero-order valence-corrected chi connectivity index (χ0v) is 17.7. The summed E-state index contributed by atoms with van der Waals surface area (Å²) in [6, 6.07) is 11.9.